The van der Waals surface area contributed by atoms with E-state index in [9.17, 15) is 4.79 Å². The molecule has 4 heteroatoms. The zero-order valence-electron chi connectivity index (χ0n) is 6.24. The molecular formula is C7H10O3S. The van der Waals surface area contributed by atoms with E-state index >= 15 is 0 Å². The van der Waals surface area contributed by atoms with E-state index in [-0.39, 0.29) is 5.97 Å². The molecule has 0 bridgehead atoms. The van der Waals surface area contributed by atoms with Crippen LogP contribution >= 0.6 is 12.6 Å². The number of carbonyl (C=O) groups is 1. The van der Waals surface area contributed by atoms with Gasteiger partial charge in [-0.3, -0.25) is 0 Å². The first kappa shape index (κ1) is 8.46. The van der Waals surface area contributed by atoms with Crippen molar-refractivity contribution in [1.29, 1.82) is 0 Å². The lowest BCUT2D eigenvalue weighted by atomic mass is 10.3. The minimum Gasteiger partial charge on any atom is -0.473 e. The first-order valence-corrected chi connectivity index (χ1v) is 3.87. The predicted octanol–water partition coefficient (Wildman–Crippen LogP) is 1.11. The van der Waals surface area contributed by atoms with Gasteiger partial charge >= 0.3 is 5.97 Å². The molecule has 0 aromatic rings. The van der Waals surface area contributed by atoms with Crippen molar-refractivity contribution in [2.45, 2.75) is 19.4 Å². The van der Waals surface area contributed by atoms with E-state index in [0.29, 0.717) is 18.1 Å². The highest BCUT2D eigenvalue weighted by molar-refractivity contribution is 7.84. The molecule has 0 amide bonds. The Morgan fingerprint density at radius 1 is 1.91 bits per heavy atom. The van der Waals surface area contributed by atoms with Gasteiger partial charge in [0.2, 0.25) is 0 Å². The highest BCUT2D eigenvalue weighted by Gasteiger charge is 2.28. The van der Waals surface area contributed by atoms with Gasteiger partial charge in [-0.05, 0) is 13.0 Å². The summed E-state index contributed by atoms with van der Waals surface area (Å²) >= 11 is 3.98. The number of hydrogen-bond acceptors (Lipinski definition) is 4. The molecule has 0 aromatic heterocycles. The zero-order valence-corrected chi connectivity index (χ0v) is 7.14. The molecular weight excluding hydrogens is 164 g/mol. The van der Waals surface area contributed by atoms with E-state index in [1.54, 1.807) is 13.0 Å². The van der Waals surface area contributed by atoms with Crippen LogP contribution in [0.2, 0.25) is 0 Å². The second kappa shape index (κ2) is 3.67. The molecule has 1 fully saturated rings. The summed E-state index contributed by atoms with van der Waals surface area (Å²) in [4.78, 5) is 10.8. The Morgan fingerprint density at radius 3 is 3.09 bits per heavy atom. The van der Waals surface area contributed by atoms with E-state index in [1.807, 2.05) is 0 Å². The summed E-state index contributed by atoms with van der Waals surface area (Å²) in [5.74, 6) is -0.293. The van der Waals surface area contributed by atoms with Crippen LogP contribution in [-0.2, 0) is 14.3 Å². The highest BCUT2D eigenvalue weighted by atomic mass is 32.1. The van der Waals surface area contributed by atoms with E-state index in [2.05, 4.69) is 17.4 Å². The van der Waals surface area contributed by atoms with Gasteiger partial charge < -0.3 is 9.47 Å². The molecule has 1 aliphatic rings. The molecule has 0 N–H and O–H groups in total. The van der Waals surface area contributed by atoms with Crippen molar-refractivity contribution in [2.24, 2.45) is 0 Å². The Kier molecular flexibility index (Phi) is 2.82. The lowest BCUT2D eigenvalue weighted by Gasteiger charge is -2.07. The molecule has 0 aromatic carbocycles. The number of allylic oxidation sites excluding steroid dienone is 1. The van der Waals surface area contributed by atoms with Gasteiger partial charge in [-0.15, -0.1) is 12.6 Å². The van der Waals surface area contributed by atoms with Crippen LogP contribution in [0.25, 0.3) is 0 Å². The second-order valence-corrected chi connectivity index (χ2v) is 2.63. The molecule has 11 heavy (non-hydrogen) atoms. The summed E-state index contributed by atoms with van der Waals surface area (Å²) < 4.78 is 9.81. The lowest BCUT2D eigenvalue weighted by molar-refractivity contribution is -0.145. The third-order valence-electron chi connectivity index (χ3n) is 1.40. The molecule has 1 atom stereocenters. The number of hydrogen-bond donors (Lipinski definition) is 1. The summed E-state index contributed by atoms with van der Waals surface area (Å²) in [6.07, 6.45) is 1.87. The Bertz CT molecular complexity index is 188. The van der Waals surface area contributed by atoms with E-state index in [1.165, 1.54) is 0 Å². The Morgan fingerprint density at radius 2 is 2.64 bits per heavy atom. The third kappa shape index (κ3) is 2.15. The fraction of sp³-hybridized carbons (Fsp3) is 0.571. The Labute approximate surface area is 70.8 Å². The van der Waals surface area contributed by atoms with Gasteiger partial charge in [0.25, 0.3) is 0 Å². The summed E-state index contributed by atoms with van der Waals surface area (Å²) in [5, 5.41) is 0.467. The van der Waals surface area contributed by atoms with E-state index in [0.717, 1.165) is 0 Å². The van der Waals surface area contributed by atoms with Crippen molar-refractivity contribution in [3.8, 4) is 0 Å². The standard InChI is InChI=1S/C7H10O3S/c1-2-6(11)10-5-3-4-9-7(5)8/h2,5,11H,3-4H2,1H3. The molecule has 1 aliphatic heterocycles. The van der Waals surface area contributed by atoms with E-state index < -0.39 is 6.10 Å². The molecule has 0 radical (unpaired) electrons. The fourth-order valence-electron chi connectivity index (χ4n) is 0.798. The normalized spacial score (nSPS) is 25.1. The van der Waals surface area contributed by atoms with Gasteiger partial charge in [-0.25, -0.2) is 4.79 Å². The van der Waals surface area contributed by atoms with Crippen LogP contribution < -0.4 is 0 Å². The Balaban J connectivity index is 2.43. The van der Waals surface area contributed by atoms with Crippen LogP contribution in [0, 0.1) is 0 Å². The molecule has 1 unspecified atom stereocenters. The van der Waals surface area contributed by atoms with Crippen molar-refractivity contribution >= 4 is 18.6 Å². The zero-order chi connectivity index (χ0) is 8.27. The smallest absolute Gasteiger partial charge is 0.347 e. The highest BCUT2D eigenvalue weighted by Crippen LogP contribution is 2.15. The maximum atomic E-state index is 10.8. The molecule has 0 spiro atoms. The molecule has 1 saturated heterocycles. The minimum absolute atomic E-state index is 0.293. The lowest BCUT2D eigenvalue weighted by Crippen LogP contribution is -2.16. The number of thiol groups is 1. The maximum Gasteiger partial charge on any atom is 0.347 e. The van der Waals surface area contributed by atoms with E-state index in [4.69, 9.17) is 4.74 Å². The monoisotopic (exact) mass is 174 g/mol. The second-order valence-electron chi connectivity index (χ2n) is 2.19. The van der Waals surface area contributed by atoms with Crippen LogP contribution in [0.15, 0.2) is 11.2 Å². The largest absolute Gasteiger partial charge is 0.473 e. The van der Waals surface area contributed by atoms with Crippen molar-refractivity contribution in [2.75, 3.05) is 6.61 Å². The Hall–Kier alpha value is -0.640. The summed E-state index contributed by atoms with van der Waals surface area (Å²) in [6, 6.07) is 0. The predicted molar refractivity (Wildman–Crippen MR) is 43.2 cm³/mol. The summed E-state index contributed by atoms with van der Waals surface area (Å²) in [5.41, 5.74) is 0. The van der Waals surface area contributed by atoms with Crippen LogP contribution in [0.5, 0.6) is 0 Å². The van der Waals surface area contributed by atoms with Gasteiger partial charge in [-0.2, -0.15) is 0 Å². The quantitative estimate of drug-likeness (QED) is 0.387. The van der Waals surface area contributed by atoms with Crippen LogP contribution in [-0.4, -0.2) is 18.7 Å². The fourth-order valence-corrected chi connectivity index (χ4v) is 0.925. The molecule has 1 heterocycles. The molecule has 3 nitrogen and oxygen atoms in total. The minimum atomic E-state index is -0.446. The third-order valence-corrected chi connectivity index (χ3v) is 1.76. The van der Waals surface area contributed by atoms with Crippen molar-refractivity contribution in [1.82, 2.24) is 0 Å². The maximum absolute atomic E-state index is 10.8. The van der Waals surface area contributed by atoms with Crippen LogP contribution in [0.4, 0.5) is 0 Å². The van der Waals surface area contributed by atoms with Gasteiger partial charge in [0.05, 0.1) is 6.61 Å². The number of rotatable bonds is 2. The summed E-state index contributed by atoms with van der Waals surface area (Å²) in [7, 11) is 0. The number of esters is 1. The SMILES string of the molecule is CC=C(S)OC1CCOC1=O. The van der Waals surface area contributed by atoms with Gasteiger partial charge in [0, 0.05) is 6.42 Å². The van der Waals surface area contributed by atoms with Crippen LogP contribution in [0.3, 0.4) is 0 Å². The van der Waals surface area contributed by atoms with Crippen molar-refractivity contribution in [3.05, 3.63) is 11.2 Å². The molecule has 1 rings (SSSR count). The molecule has 0 saturated carbocycles. The summed E-state index contributed by atoms with van der Waals surface area (Å²) in [6.45, 7) is 2.25. The first-order chi connectivity index (χ1) is 5.24. The molecule has 62 valence electrons. The average molecular weight is 174 g/mol. The van der Waals surface area contributed by atoms with Crippen LogP contribution in [0.1, 0.15) is 13.3 Å². The van der Waals surface area contributed by atoms with Crippen molar-refractivity contribution in [3.63, 3.8) is 0 Å². The van der Waals surface area contributed by atoms with Crippen molar-refractivity contribution < 1.29 is 14.3 Å². The first-order valence-electron chi connectivity index (χ1n) is 3.42. The van der Waals surface area contributed by atoms with Gasteiger partial charge in [-0.1, -0.05) is 0 Å². The number of carbonyl (C=O) groups excluding carboxylic acids is 1. The number of ether oxygens (including phenoxy) is 2. The number of cyclic esters (lactones) is 1. The van der Waals surface area contributed by atoms with Gasteiger partial charge in [0.1, 0.15) is 5.09 Å². The van der Waals surface area contributed by atoms with Gasteiger partial charge in [0.15, 0.2) is 6.10 Å². The topological polar surface area (TPSA) is 35.5 Å². The average Bonchev–Trinajstić information content (AvgIpc) is 2.37. The molecule has 0 aliphatic carbocycles.